The van der Waals surface area contributed by atoms with Crippen LogP contribution in [-0.4, -0.2) is 13.4 Å². The molecule has 1 aromatic heterocycles. The van der Waals surface area contributed by atoms with Crippen molar-refractivity contribution >= 4 is 27.3 Å². The fraction of sp³-hybridized carbons (Fsp3) is 0.0870. The Morgan fingerprint density at radius 2 is 1.60 bits per heavy atom. The second kappa shape index (κ2) is 8.34. The fourth-order valence-electron chi connectivity index (χ4n) is 2.92. The van der Waals surface area contributed by atoms with E-state index in [9.17, 15) is 8.42 Å². The van der Waals surface area contributed by atoms with Gasteiger partial charge in [-0.05, 0) is 48.9 Å². The number of benzene rings is 3. The van der Waals surface area contributed by atoms with Gasteiger partial charge in [0.15, 0.2) is 0 Å². The predicted molar refractivity (Wildman–Crippen MR) is 117 cm³/mol. The van der Waals surface area contributed by atoms with E-state index in [0.29, 0.717) is 17.1 Å². The average molecular weight is 439 g/mol. The molecule has 0 saturated heterocycles. The summed E-state index contributed by atoms with van der Waals surface area (Å²) in [5, 5.41) is 3.38. The van der Waals surface area contributed by atoms with Crippen molar-refractivity contribution in [3.63, 3.8) is 0 Å². The van der Waals surface area contributed by atoms with Gasteiger partial charge in [-0.1, -0.05) is 59.6 Å². The Kier molecular flexibility index (Phi) is 5.61. The van der Waals surface area contributed by atoms with Gasteiger partial charge in [-0.2, -0.15) is 4.98 Å². The minimum atomic E-state index is -3.91. The van der Waals surface area contributed by atoms with Gasteiger partial charge in [-0.25, -0.2) is 8.42 Å². The van der Waals surface area contributed by atoms with E-state index in [4.69, 9.17) is 16.0 Å². The van der Waals surface area contributed by atoms with Crippen molar-refractivity contribution < 1.29 is 12.8 Å². The Bertz CT molecular complexity index is 1250. The monoisotopic (exact) mass is 438 g/mol. The molecular formula is C23H19ClN2O3S. The zero-order chi connectivity index (χ0) is 21.1. The van der Waals surface area contributed by atoms with Crippen LogP contribution >= 0.6 is 11.6 Å². The summed E-state index contributed by atoms with van der Waals surface area (Å²) >= 11 is 5.91. The fourth-order valence-corrected chi connectivity index (χ4v) is 4.33. The zero-order valence-electron chi connectivity index (χ0n) is 16.2. The van der Waals surface area contributed by atoms with Crippen molar-refractivity contribution in [1.29, 1.82) is 0 Å². The molecule has 0 fully saturated rings. The van der Waals surface area contributed by atoms with Gasteiger partial charge >= 0.3 is 0 Å². The summed E-state index contributed by atoms with van der Waals surface area (Å²) in [5.74, 6) is 0.336. The molecule has 0 amide bonds. The van der Waals surface area contributed by atoms with Gasteiger partial charge in [0, 0.05) is 17.1 Å². The number of oxazole rings is 1. The van der Waals surface area contributed by atoms with E-state index in [1.807, 2.05) is 61.5 Å². The van der Waals surface area contributed by atoms with Gasteiger partial charge in [0.2, 0.25) is 26.6 Å². The molecule has 4 rings (SSSR count). The maximum atomic E-state index is 13.3. The van der Waals surface area contributed by atoms with Crippen LogP contribution in [0.1, 0.15) is 11.1 Å². The van der Waals surface area contributed by atoms with Crippen LogP contribution in [0.25, 0.3) is 11.5 Å². The van der Waals surface area contributed by atoms with Crippen LogP contribution in [-0.2, 0) is 16.4 Å². The Morgan fingerprint density at radius 1 is 0.933 bits per heavy atom. The summed E-state index contributed by atoms with van der Waals surface area (Å²) in [6.07, 6.45) is 0. The predicted octanol–water partition coefficient (Wildman–Crippen LogP) is 5.75. The Balaban J connectivity index is 1.76. The lowest BCUT2D eigenvalue weighted by molar-refractivity contribution is 0.576. The van der Waals surface area contributed by atoms with Crippen molar-refractivity contribution in [2.24, 2.45) is 0 Å². The third-order valence-corrected chi connectivity index (χ3v) is 6.50. The highest BCUT2D eigenvalue weighted by Gasteiger charge is 2.28. The standard InChI is InChI=1S/C23H19ClN2O3S/c1-16-7-9-18(10-8-16)21-26-23(30(27,28)20-13-11-19(24)12-14-20)22(29-21)25-15-17-5-3-2-4-6-17/h2-14,25H,15H2,1H3. The number of nitrogens with one attached hydrogen (secondary N) is 1. The molecule has 0 radical (unpaired) electrons. The van der Waals surface area contributed by atoms with Crippen LogP contribution in [0.15, 0.2) is 93.2 Å². The number of rotatable bonds is 6. The smallest absolute Gasteiger partial charge is 0.234 e. The summed E-state index contributed by atoms with van der Waals surface area (Å²) in [6.45, 7) is 2.37. The minimum Gasteiger partial charge on any atom is -0.419 e. The molecule has 0 aliphatic rings. The van der Waals surface area contributed by atoms with E-state index < -0.39 is 9.84 Å². The highest BCUT2D eigenvalue weighted by molar-refractivity contribution is 7.91. The Morgan fingerprint density at radius 3 is 2.27 bits per heavy atom. The van der Waals surface area contributed by atoms with E-state index in [1.54, 1.807) is 0 Å². The first-order valence-electron chi connectivity index (χ1n) is 9.30. The molecule has 7 heteroatoms. The van der Waals surface area contributed by atoms with Crippen LogP contribution < -0.4 is 5.32 Å². The second-order valence-electron chi connectivity index (χ2n) is 6.82. The number of aryl methyl sites for hydroxylation is 1. The molecule has 152 valence electrons. The topological polar surface area (TPSA) is 72.2 Å². The maximum Gasteiger partial charge on any atom is 0.234 e. The molecule has 5 nitrogen and oxygen atoms in total. The lowest BCUT2D eigenvalue weighted by atomic mass is 10.1. The van der Waals surface area contributed by atoms with Gasteiger partial charge < -0.3 is 9.73 Å². The van der Waals surface area contributed by atoms with E-state index in [-0.39, 0.29) is 21.7 Å². The molecule has 0 spiro atoms. The largest absolute Gasteiger partial charge is 0.419 e. The highest BCUT2D eigenvalue weighted by atomic mass is 35.5. The molecule has 1 N–H and O–H groups in total. The summed E-state index contributed by atoms with van der Waals surface area (Å²) in [4.78, 5) is 4.44. The lowest BCUT2D eigenvalue weighted by Gasteiger charge is -2.06. The molecule has 0 bridgehead atoms. The third-order valence-electron chi connectivity index (χ3n) is 4.57. The summed E-state index contributed by atoms with van der Waals surface area (Å²) < 4.78 is 32.4. The van der Waals surface area contributed by atoms with E-state index in [1.165, 1.54) is 24.3 Å². The zero-order valence-corrected chi connectivity index (χ0v) is 17.7. The number of hydrogen-bond acceptors (Lipinski definition) is 5. The summed E-state index contributed by atoms with van der Waals surface area (Å²) in [7, 11) is -3.91. The number of halogens is 1. The molecule has 1 heterocycles. The van der Waals surface area contributed by atoms with Crippen molar-refractivity contribution in [2.75, 3.05) is 5.32 Å². The van der Waals surface area contributed by atoms with E-state index in [0.717, 1.165) is 11.1 Å². The molecule has 30 heavy (non-hydrogen) atoms. The second-order valence-corrected chi connectivity index (χ2v) is 9.12. The lowest BCUT2D eigenvalue weighted by Crippen LogP contribution is -2.07. The van der Waals surface area contributed by atoms with Gasteiger partial charge in [0.25, 0.3) is 0 Å². The highest BCUT2D eigenvalue weighted by Crippen LogP contribution is 2.33. The van der Waals surface area contributed by atoms with Crippen molar-refractivity contribution in [3.05, 3.63) is 95.0 Å². The van der Waals surface area contributed by atoms with Crippen molar-refractivity contribution in [1.82, 2.24) is 4.98 Å². The first-order chi connectivity index (χ1) is 14.4. The molecule has 0 aliphatic carbocycles. The average Bonchev–Trinajstić information content (AvgIpc) is 3.19. The molecule has 0 unspecified atom stereocenters. The molecule has 0 saturated carbocycles. The summed E-state index contributed by atoms with van der Waals surface area (Å²) in [5.41, 5.74) is 2.77. The number of nitrogens with zero attached hydrogens (tertiary/aromatic N) is 1. The number of sulfone groups is 1. The maximum absolute atomic E-state index is 13.3. The third kappa shape index (κ3) is 4.25. The van der Waals surface area contributed by atoms with Gasteiger partial charge in [-0.3, -0.25) is 0 Å². The molecule has 0 aliphatic heterocycles. The number of aromatic nitrogens is 1. The van der Waals surface area contributed by atoms with Crippen LogP contribution in [0.5, 0.6) is 0 Å². The SMILES string of the molecule is Cc1ccc(-c2nc(S(=O)(=O)c3ccc(Cl)cc3)c(NCc3ccccc3)o2)cc1. The van der Waals surface area contributed by atoms with E-state index in [2.05, 4.69) is 10.3 Å². The number of anilines is 1. The normalized spacial score (nSPS) is 11.4. The van der Waals surface area contributed by atoms with Gasteiger partial charge in [0.05, 0.1) is 4.90 Å². The molecule has 0 atom stereocenters. The quantitative estimate of drug-likeness (QED) is 0.415. The minimum absolute atomic E-state index is 0.0958. The summed E-state index contributed by atoms with van der Waals surface area (Å²) in [6, 6.07) is 23.2. The van der Waals surface area contributed by atoms with Crippen LogP contribution in [0.2, 0.25) is 5.02 Å². The van der Waals surface area contributed by atoms with Crippen LogP contribution in [0, 0.1) is 6.92 Å². The van der Waals surface area contributed by atoms with Crippen molar-refractivity contribution in [2.45, 2.75) is 23.4 Å². The first kappa shape index (κ1) is 20.2. The van der Waals surface area contributed by atoms with Gasteiger partial charge in [0.1, 0.15) is 0 Å². The first-order valence-corrected chi connectivity index (χ1v) is 11.2. The van der Waals surface area contributed by atoms with E-state index >= 15 is 0 Å². The Hall–Kier alpha value is -3.09. The molecular weight excluding hydrogens is 420 g/mol. The molecule has 4 aromatic rings. The Labute approximate surface area is 180 Å². The van der Waals surface area contributed by atoms with Gasteiger partial charge in [-0.15, -0.1) is 0 Å². The number of hydrogen-bond donors (Lipinski definition) is 1. The van der Waals surface area contributed by atoms with Crippen LogP contribution in [0.4, 0.5) is 5.88 Å². The molecule has 3 aromatic carbocycles. The van der Waals surface area contributed by atoms with Crippen molar-refractivity contribution in [3.8, 4) is 11.5 Å². The van der Waals surface area contributed by atoms with Crippen LogP contribution in [0.3, 0.4) is 0 Å².